The van der Waals surface area contributed by atoms with Crippen molar-refractivity contribution in [2.24, 2.45) is 10.9 Å². The second-order valence-corrected chi connectivity index (χ2v) is 3.24. The quantitative estimate of drug-likeness (QED) is 0.425. The molecule has 0 saturated carbocycles. The predicted molar refractivity (Wildman–Crippen MR) is 52.2 cm³/mol. The molecule has 0 heterocycles. The Kier molecular flexibility index (Phi) is 5.81. The third-order valence-electron chi connectivity index (χ3n) is 1.67. The largest absolute Gasteiger partial charge is 0.301 e. The monoisotopic (exact) mass is 153 g/mol. The zero-order valence-electron chi connectivity index (χ0n) is 7.93. The van der Waals surface area contributed by atoms with Crippen LogP contribution in [0.4, 0.5) is 0 Å². The van der Waals surface area contributed by atoms with Gasteiger partial charge in [0, 0.05) is 6.54 Å². The Balaban J connectivity index is 3.68. The smallest absolute Gasteiger partial charge is 0.0419 e. The minimum Gasteiger partial charge on any atom is -0.301 e. The van der Waals surface area contributed by atoms with Crippen molar-refractivity contribution in [3.8, 4) is 0 Å². The molecule has 0 aromatic rings. The summed E-state index contributed by atoms with van der Waals surface area (Å²) >= 11 is 0. The molecule has 0 aromatic heterocycles. The maximum Gasteiger partial charge on any atom is 0.0419 e. The van der Waals surface area contributed by atoms with Crippen LogP contribution in [0.3, 0.4) is 0 Å². The molecule has 0 N–H and O–H groups in total. The minimum absolute atomic E-state index is 0.756. The first kappa shape index (κ1) is 10.4. The van der Waals surface area contributed by atoms with Crippen LogP contribution in [0.5, 0.6) is 0 Å². The molecule has 0 fully saturated rings. The zero-order chi connectivity index (χ0) is 8.69. The van der Waals surface area contributed by atoms with Crippen LogP contribution in [0.25, 0.3) is 0 Å². The summed E-state index contributed by atoms with van der Waals surface area (Å²) < 4.78 is 0. The van der Waals surface area contributed by atoms with E-state index in [9.17, 15) is 0 Å². The molecule has 0 aliphatic heterocycles. The SMILES string of the molecule is C=NCCC(=CC)CC(C)C. The van der Waals surface area contributed by atoms with Gasteiger partial charge in [-0.3, -0.25) is 0 Å². The topological polar surface area (TPSA) is 12.4 Å². The van der Waals surface area contributed by atoms with E-state index in [-0.39, 0.29) is 0 Å². The van der Waals surface area contributed by atoms with Crippen LogP contribution in [0, 0.1) is 5.92 Å². The molecule has 0 unspecified atom stereocenters. The average Bonchev–Trinajstić information content (AvgIpc) is 1.97. The molecule has 0 aromatic carbocycles. The Morgan fingerprint density at radius 2 is 2.18 bits per heavy atom. The van der Waals surface area contributed by atoms with E-state index >= 15 is 0 Å². The lowest BCUT2D eigenvalue weighted by molar-refractivity contribution is 0.625. The van der Waals surface area contributed by atoms with Crippen molar-refractivity contribution in [1.29, 1.82) is 0 Å². The van der Waals surface area contributed by atoms with Crippen molar-refractivity contribution in [3.05, 3.63) is 11.6 Å². The van der Waals surface area contributed by atoms with Crippen molar-refractivity contribution >= 4 is 6.72 Å². The van der Waals surface area contributed by atoms with Gasteiger partial charge >= 0.3 is 0 Å². The summed E-state index contributed by atoms with van der Waals surface area (Å²) in [6.45, 7) is 10.9. The number of nitrogens with zero attached hydrogens (tertiary/aromatic N) is 1. The molecule has 0 aliphatic rings. The summed E-state index contributed by atoms with van der Waals surface area (Å²) in [5, 5.41) is 0. The van der Waals surface area contributed by atoms with Crippen LogP contribution in [-0.2, 0) is 0 Å². The van der Waals surface area contributed by atoms with E-state index < -0.39 is 0 Å². The van der Waals surface area contributed by atoms with Crippen molar-refractivity contribution in [1.82, 2.24) is 0 Å². The summed E-state index contributed by atoms with van der Waals surface area (Å²) in [6.07, 6.45) is 4.48. The molecule has 0 amide bonds. The van der Waals surface area contributed by atoms with Gasteiger partial charge in [-0.15, -0.1) is 0 Å². The number of hydrogen-bond donors (Lipinski definition) is 0. The van der Waals surface area contributed by atoms with Gasteiger partial charge in [-0.1, -0.05) is 25.5 Å². The van der Waals surface area contributed by atoms with E-state index in [0.717, 1.165) is 18.9 Å². The van der Waals surface area contributed by atoms with E-state index in [0.29, 0.717) is 0 Å². The highest BCUT2D eigenvalue weighted by Gasteiger charge is 1.98. The second-order valence-electron chi connectivity index (χ2n) is 3.24. The van der Waals surface area contributed by atoms with Gasteiger partial charge in [0.2, 0.25) is 0 Å². The second kappa shape index (κ2) is 6.14. The molecular formula is C10H19N. The van der Waals surface area contributed by atoms with Gasteiger partial charge in [-0.05, 0) is 32.4 Å². The molecule has 1 nitrogen and oxygen atoms in total. The fraction of sp³-hybridized carbons (Fsp3) is 0.700. The minimum atomic E-state index is 0.756. The van der Waals surface area contributed by atoms with E-state index in [2.05, 4.69) is 38.6 Å². The lowest BCUT2D eigenvalue weighted by Gasteiger charge is -2.07. The van der Waals surface area contributed by atoms with Crippen LogP contribution >= 0.6 is 0 Å². The van der Waals surface area contributed by atoms with E-state index in [1.807, 2.05) is 0 Å². The van der Waals surface area contributed by atoms with Crippen LogP contribution in [0.2, 0.25) is 0 Å². The number of aliphatic imine (C=N–C) groups is 1. The summed E-state index contributed by atoms with van der Waals surface area (Å²) in [5.74, 6) is 0.756. The van der Waals surface area contributed by atoms with Crippen LogP contribution in [-0.4, -0.2) is 13.3 Å². The summed E-state index contributed by atoms with van der Waals surface area (Å²) in [5.41, 5.74) is 1.51. The highest BCUT2D eigenvalue weighted by molar-refractivity contribution is 5.23. The van der Waals surface area contributed by atoms with Crippen LogP contribution < -0.4 is 0 Å². The molecule has 0 saturated heterocycles. The summed E-state index contributed by atoms with van der Waals surface area (Å²) in [4.78, 5) is 3.84. The highest BCUT2D eigenvalue weighted by Crippen LogP contribution is 2.13. The van der Waals surface area contributed by atoms with Crippen LogP contribution in [0.1, 0.15) is 33.6 Å². The Morgan fingerprint density at radius 1 is 1.55 bits per heavy atom. The summed E-state index contributed by atoms with van der Waals surface area (Å²) in [6, 6.07) is 0. The van der Waals surface area contributed by atoms with Gasteiger partial charge in [0.15, 0.2) is 0 Å². The Morgan fingerprint density at radius 3 is 2.55 bits per heavy atom. The lowest BCUT2D eigenvalue weighted by atomic mass is 10.0. The molecule has 0 radical (unpaired) electrons. The van der Waals surface area contributed by atoms with Crippen LogP contribution in [0.15, 0.2) is 16.6 Å². The maximum absolute atomic E-state index is 3.84. The van der Waals surface area contributed by atoms with Gasteiger partial charge < -0.3 is 4.99 Å². The molecule has 1 heteroatoms. The van der Waals surface area contributed by atoms with Crippen molar-refractivity contribution < 1.29 is 0 Å². The number of allylic oxidation sites excluding steroid dienone is 1. The average molecular weight is 153 g/mol. The standard InChI is InChI=1S/C10H19N/c1-5-10(6-7-11-4)8-9(2)3/h5,9H,4,6-8H2,1-3H3. The van der Waals surface area contributed by atoms with Gasteiger partial charge in [-0.2, -0.15) is 0 Å². The molecule has 0 spiro atoms. The molecule has 0 bridgehead atoms. The third-order valence-corrected chi connectivity index (χ3v) is 1.67. The first-order valence-electron chi connectivity index (χ1n) is 4.27. The van der Waals surface area contributed by atoms with E-state index in [1.54, 1.807) is 0 Å². The fourth-order valence-electron chi connectivity index (χ4n) is 1.11. The Hall–Kier alpha value is -0.590. The number of rotatable bonds is 5. The Bertz CT molecular complexity index is 134. The highest BCUT2D eigenvalue weighted by atomic mass is 14.7. The predicted octanol–water partition coefficient (Wildman–Crippen LogP) is 3.07. The maximum atomic E-state index is 3.84. The zero-order valence-corrected chi connectivity index (χ0v) is 7.93. The molecular weight excluding hydrogens is 134 g/mol. The third kappa shape index (κ3) is 5.84. The van der Waals surface area contributed by atoms with E-state index in [1.165, 1.54) is 12.0 Å². The van der Waals surface area contributed by atoms with E-state index in [4.69, 9.17) is 0 Å². The van der Waals surface area contributed by atoms with Gasteiger partial charge in [0.05, 0.1) is 0 Å². The van der Waals surface area contributed by atoms with Crippen molar-refractivity contribution in [2.75, 3.05) is 6.54 Å². The lowest BCUT2D eigenvalue weighted by Crippen LogP contribution is -1.93. The first-order chi connectivity index (χ1) is 5.20. The normalized spacial score (nSPS) is 12.2. The Labute approximate surface area is 70.2 Å². The molecule has 0 atom stereocenters. The first-order valence-corrected chi connectivity index (χ1v) is 4.27. The summed E-state index contributed by atoms with van der Waals surface area (Å²) in [7, 11) is 0. The van der Waals surface area contributed by atoms with Crippen molar-refractivity contribution in [3.63, 3.8) is 0 Å². The van der Waals surface area contributed by atoms with Gasteiger partial charge in [0.1, 0.15) is 0 Å². The van der Waals surface area contributed by atoms with Gasteiger partial charge in [-0.25, -0.2) is 0 Å². The van der Waals surface area contributed by atoms with Crippen molar-refractivity contribution in [2.45, 2.75) is 33.6 Å². The fourth-order valence-corrected chi connectivity index (χ4v) is 1.11. The molecule has 11 heavy (non-hydrogen) atoms. The molecule has 64 valence electrons. The number of hydrogen-bond acceptors (Lipinski definition) is 1. The van der Waals surface area contributed by atoms with Gasteiger partial charge in [0.25, 0.3) is 0 Å². The molecule has 0 rings (SSSR count). The molecule has 0 aliphatic carbocycles.